The number of anilines is 1. The molecule has 1 aromatic rings. The number of benzene rings is 1. The van der Waals surface area contributed by atoms with Gasteiger partial charge in [0.2, 0.25) is 10.0 Å². The van der Waals surface area contributed by atoms with Crippen molar-refractivity contribution in [2.24, 2.45) is 0 Å². The first-order chi connectivity index (χ1) is 8.49. The molecular weight excluding hydrogens is 248 g/mol. The third kappa shape index (κ3) is 2.91. The molecule has 0 unspecified atom stereocenters. The van der Waals surface area contributed by atoms with Crippen LogP contribution in [0.3, 0.4) is 0 Å². The van der Waals surface area contributed by atoms with Crippen molar-refractivity contribution in [1.82, 2.24) is 4.72 Å². The molecule has 1 heterocycles. The zero-order chi connectivity index (χ0) is 13.2. The van der Waals surface area contributed by atoms with E-state index in [1.807, 2.05) is 26.0 Å². The molecule has 0 radical (unpaired) electrons. The second kappa shape index (κ2) is 5.12. The molecule has 98 valence electrons. The van der Waals surface area contributed by atoms with Gasteiger partial charge >= 0.3 is 0 Å². The largest absolute Gasteiger partial charge is 0.384 e. The van der Waals surface area contributed by atoms with Gasteiger partial charge < -0.3 is 5.32 Å². The lowest BCUT2D eigenvalue weighted by Crippen LogP contribution is -2.24. The molecule has 0 aliphatic carbocycles. The number of nitrogens with one attached hydrogen (secondary N) is 2. The number of allylic oxidation sites excluding steroid dienone is 1. The van der Waals surface area contributed by atoms with E-state index in [4.69, 9.17) is 0 Å². The van der Waals surface area contributed by atoms with Crippen molar-refractivity contribution in [2.45, 2.75) is 25.2 Å². The molecule has 1 aliphatic rings. The summed E-state index contributed by atoms with van der Waals surface area (Å²) in [5.74, 6) is 0. The van der Waals surface area contributed by atoms with Crippen LogP contribution >= 0.6 is 0 Å². The third-order valence-corrected chi connectivity index (χ3v) is 4.31. The van der Waals surface area contributed by atoms with E-state index >= 15 is 0 Å². The van der Waals surface area contributed by atoms with Crippen LogP contribution in [0.1, 0.15) is 19.4 Å². The molecule has 0 bridgehead atoms. The maximum Gasteiger partial charge on any atom is 0.240 e. The summed E-state index contributed by atoms with van der Waals surface area (Å²) in [6, 6.07) is 5.24. The molecule has 18 heavy (non-hydrogen) atoms. The van der Waals surface area contributed by atoms with E-state index in [-0.39, 0.29) is 0 Å². The van der Waals surface area contributed by atoms with Crippen LogP contribution in [0.25, 0.3) is 0 Å². The lowest BCUT2D eigenvalue weighted by molar-refractivity contribution is 0.585. The average Bonchev–Trinajstić information content (AvgIpc) is 2.74. The minimum Gasteiger partial charge on any atom is -0.384 e. The van der Waals surface area contributed by atoms with Gasteiger partial charge in [0, 0.05) is 18.8 Å². The monoisotopic (exact) mass is 266 g/mol. The molecule has 2 N–H and O–H groups in total. The van der Waals surface area contributed by atoms with E-state index in [2.05, 4.69) is 10.0 Å². The summed E-state index contributed by atoms with van der Waals surface area (Å²) in [6.07, 6.45) is 2.81. The Morgan fingerprint density at radius 1 is 1.44 bits per heavy atom. The summed E-state index contributed by atoms with van der Waals surface area (Å²) < 4.78 is 26.7. The van der Waals surface area contributed by atoms with Crippen LogP contribution < -0.4 is 10.0 Å². The number of rotatable bonds is 4. The van der Waals surface area contributed by atoms with Crippen molar-refractivity contribution in [3.63, 3.8) is 0 Å². The van der Waals surface area contributed by atoms with E-state index in [1.165, 1.54) is 5.56 Å². The summed E-state index contributed by atoms with van der Waals surface area (Å²) in [5.41, 5.74) is 3.20. The maximum atomic E-state index is 12.0. The smallest absolute Gasteiger partial charge is 0.240 e. The Morgan fingerprint density at radius 2 is 2.22 bits per heavy atom. The topological polar surface area (TPSA) is 58.2 Å². The van der Waals surface area contributed by atoms with Gasteiger partial charge in [-0.15, -0.1) is 0 Å². The first-order valence-electron chi connectivity index (χ1n) is 5.99. The fraction of sp³-hybridized carbons (Fsp3) is 0.385. The van der Waals surface area contributed by atoms with Crippen LogP contribution in [0.15, 0.2) is 34.7 Å². The number of fused-ring (bicyclic) bond motifs is 1. The first-order valence-corrected chi connectivity index (χ1v) is 7.47. The lowest BCUT2D eigenvalue weighted by atomic mass is 10.2. The highest BCUT2D eigenvalue weighted by Crippen LogP contribution is 2.25. The summed E-state index contributed by atoms with van der Waals surface area (Å²) in [5, 5.41) is 3.18. The highest BCUT2D eigenvalue weighted by Gasteiger charge is 2.17. The van der Waals surface area contributed by atoms with Gasteiger partial charge in [-0.25, -0.2) is 13.1 Å². The Kier molecular flexibility index (Phi) is 3.73. The third-order valence-electron chi connectivity index (χ3n) is 2.89. The van der Waals surface area contributed by atoms with Gasteiger partial charge in [0.25, 0.3) is 0 Å². The summed E-state index contributed by atoms with van der Waals surface area (Å²) in [6.45, 7) is 5.08. The predicted octanol–water partition coefficient (Wildman–Crippen LogP) is 1.90. The molecule has 4 nitrogen and oxygen atoms in total. The van der Waals surface area contributed by atoms with Crippen molar-refractivity contribution in [2.75, 3.05) is 18.4 Å². The maximum absolute atomic E-state index is 12.0. The molecule has 0 atom stereocenters. The Balaban J connectivity index is 2.17. The van der Waals surface area contributed by atoms with Crippen molar-refractivity contribution in [3.05, 3.63) is 35.4 Å². The summed E-state index contributed by atoms with van der Waals surface area (Å²) in [4.78, 5) is 0.317. The van der Waals surface area contributed by atoms with E-state index in [1.54, 1.807) is 12.1 Å². The molecule has 0 saturated carbocycles. The predicted molar refractivity (Wildman–Crippen MR) is 73.3 cm³/mol. The Bertz CT molecular complexity index is 573. The van der Waals surface area contributed by atoms with Crippen LogP contribution in [0.5, 0.6) is 0 Å². The molecule has 0 amide bonds. The zero-order valence-electron chi connectivity index (χ0n) is 10.7. The van der Waals surface area contributed by atoms with Gasteiger partial charge in [0.1, 0.15) is 0 Å². The summed E-state index contributed by atoms with van der Waals surface area (Å²) in [7, 11) is -3.41. The number of sulfonamides is 1. The zero-order valence-corrected chi connectivity index (χ0v) is 11.5. The molecule has 1 aromatic carbocycles. The van der Waals surface area contributed by atoms with Crippen LogP contribution in [-0.4, -0.2) is 21.5 Å². The molecule has 1 aliphatic heterocycles. The first kappa shape index (κ1) is 13.1. The van der Waals surface area contributed by atoms with Gasteiger partial charge in [0.05, 0.1) is 4.90 Å². The Morgan fingerprint density at radius 3 is 2.94 bits per heavy atom. The molecular formula is C13H18N2O2S. The lowest BCUT2D eigenvalue weighted by Gasteiger charge is -2.07. The van der Waals surface area contributed by atoms with Crippen molar-refractivity contribution in [1.29, 1.82) is 0 Å². The SMILES string of the molecule is CC(C)=CCNS(=O)(=O)c1ccc2c(c1)NCC2. The number of hydrogen-bond donors (Lipinski definition) is 2. The second-order valence-corrected chi connectivity index (χ2v) is 6.40. The molecule has 0 aromatic heterocycles. The minimum atomic E-state index is -3.41. The van der Waals surface area contributed by atoms with Gasteiger partial charge in [0.15, 0.2) is 0 Å². The van der Waals surface area contributed by atoms with Crippen LogP contribution in [0.4, 0.5) is 5.69 Å². The molecule has 2 rings (SSSR count). The minimum absolute atomic E-state index is 0.317. The molecule has 0 fully saturated rings. The van der Waals surface area contributed by atoms with E-state index in [9.17, 15) is 8.42 Å². The Hall–Kier alpha value is -1.33. The number of hydrogen-bond acceptors (Lipinski definition) is 3. The fourth-order valence-corrected chi connectivity index (χ4v) is 2.87. The average molecular weight is 266 g/mol. The van der Waals surface area contributed by atoms with E-state index < -0.39 is 10.0 Å². The van der Waals surface area contributed by atoms with Crippen LogP contribution in [0.2, 0.25) is 0 Å². The quantitative estimate of drug-likeness (QED) is 0.818. The standard InChI is InChI=1S/C13H18N2O2S/c1-10(2)5-8-15-18(16,17)12-4-3-11-6-7-14-13(11)9-12/h3-5,9,14-15H,6-8H2,1-2H3. The van der Waals surface area contributed by atoms with Gasteiger partial charge in [-0.05, 0) is 38.0 Å². The van der Waals surface area contributed by atoms with Crippen molar-refractivity contribution >= 4 is 15.7 Å². The Labute approximate surface area is 108 Å². The van der Waals surface area contributed by atoms with Crippen LogP contribution in [-0.2, 0) is 16.4 Å². The van der Waals surface area contributed by atoms with Gasteiger partial charge in [-0.1, -0.05) is 17.7 Å². The normalized spacial score (nSPS) is 13.9. The van der Waals surface area contributed by atoms with Crippen molar-refractivity contribution < 1.29 is 8.42 Å². The highest BCUT2D eigenvalue weighted by molar-refractivity contribution is 7.89. The van der Waals surface area contributed by atoms with Gasteiger partial charge in [-0.3, -0.25) is 0 Å². The van der Waals surface area contributed by atoms with Crippen LogP contribution in [0, 0.1) is 0 Å². The van der Waals surface area contributed by atoms with Gasteiger partial charge in [-0.2, -0.15) is 0 Å². The van der Waals surface area contributed by atoms with Crippen molar-refractivity contribution in [3.8, 4) is 0 Å². The molecule has 0 spiro atoms. The molecule has 0 saturated heterocycles. The fourth-order valence-electron chi connectivity index (χ4n) is 1.88. The van der Waals surface area contributed by atoms with E-state index in [0.29, 0.717) is 11.4 Å². The molecule has 5 heteroatoms. The highest BCUT2D eigenvalue weighted by atomic mass is 32.2. The second-order valence-electron chi connectivity index (χ2n) is 4.63. The van der Waals surface area contributed by atoms with E-state index in [0.717, 1.165) is 24.2 Å². The summed E-state index contributed by atoms with van der Waals surface area (Å²) >= 11 is 0.